The van der Waals surface area contributed by atoms with Gasteiger partial charge in [-0.25, -0.2) is 8.42 Å². The first-order valence-electron chi connectivity index (χ1n) is 15.7. The third kappa shape index (κ3) is 8.56. The molecule has 240 valence electrons. The quantitative estimate of drug-likeness (QED) is 0.179. The number of carbonyl (C=O) groups is 2. The van der Waals surface area contributed by atoms with E-state index in [1.165, 1.54) is 23.1 Å². The summed E-state index contributed by atoms with van der Waals surface area (Å²) >= 11 is 6.32. The molecule has 1 saturated carbocycles. The van der Waals surface area contributed by atoms with Gasteiger partial charge in [0.05, 0.1) is 10.6 Å². The lowest BCUT2D eigenvalue weighted by Crippen LogP contribution is -2.55. The van der Waals surface area contributed by atoms with Gasteiger partial charge in [-0.2, -0.15) is 0 Å². The summed E-state index contributed by atoms with van der Waals surface area (Å²) in [7, 11) is -4.19. The average Bonchev–Trinajstić information content (AvgIpc) is 3.06. The Balaban J connectivity index is 1.55. The molecule has 9 heteroatoms. The number of nitrogens with zero attached hydrogens (tertiary/aromatic N) is 2. The Kier molecular flexibility index (Phi) is 11.1. The van der Waals surface area contributed by atoms with Gasteiger partial charge in [0, 0.05) is 24.0 Å². The first kappa shape index (κ1) is 33.2. The molecule has 0 aliphatic heterocycles. The van der Waals surface area contributed by atoms with Crippen molar-refractivity contribution in [3.63, 3.8) is 0 Å². The fourth-order valence-corrected chi connectivity index (χ4v) is 7.47. The SMILES string of the molecule is Cc1ccc(S(=O)(=O)N(CC(=O)N(Cc2ccccc2)[C@H](Cc2ccccc2)C(=O)NC2CCCCC2)c2cccc(Cl)c2)cc1. The molecule has 1 fully saturated rings. The second-order valence-corrected chi connectivity index (χ2v) is 14.2. The predicted octanol–water partition coefficient (Wildman–Crippen LogP) is 6.93. The van der Waals surface area contributed by atoms with Crippen LogP contribution in [0, 0.1) is 6.92 Å². The first-order chi connectivity index (χ1) is 22.2. The van der Waals surface area contributed by atoms with Crippen LogP contribution >= 0.6 is 11.6 Å². The van der Waals surface area contributed by atoms with Crippen LogP contribution in [-0.4, -0.2) is 43.8 Å². The molecule has 1 atom stereocenters. The number of amides is 2. The molecule has 0 unspecified atom stereocenters. The summed E-state index contributed by atoms with van der Waals surface area (Å²) in [5.41, 5.74) is 2.89. The van der Waals surface area contributed by atoms with Gasteiger partial charge in [0.15, 0.2) is 0 Å². The second kappa shape index (κ2) is 15.4. The number of anilines is 1. The standard InChI is InChI=1S/C37H40ClN3O4S/c1-28-20-22-34(23-21-28)46(44,45)41(33-19-11-16-31(38)25-33)27-36(42)40(26-30-14-7-3-8-15-30)35(24-29-12-5-2-6-13-29)37(43)39-32-17-9-4-10-18-32/h2-3,5-8,11-16,19-23,25,32,35H,4,9-10,17-18,24,26-27H2,1H3,(H,39,43)/t35-/m1/s1. The Morgan fingerprint density at radius 1 is 0.826 bits per heavy atom. The summed E-state index contributed by atoms with van der Waals surface area (Å²) in [4.78, 5) is 30.3. The van der Waals surface area contributed by atoms with Gasteiger partial charge in [-0.15, -0.1) is 0 Å². The van der Waals surface area contributed by atoms with Gasteiger partial charge in [0.25, 0.3) is 10.0 Å². The molecule has 1 aliphatic rings. The van der Waals surface area contributed by atoms with Crippen LogP contribution in [0.25, 0.3) is 0 Å². The van der Waals surface area contributed by atoms with Crippen LogP contribution in [0.4, 0.5) is 5.69 Å². The molecule has 0 radical (unpaired) electrons. The Hall–Kier alpha value is -4.14. The molecule has 0 saturated heterocycles. The van der Waals surface area contributed by atoms with Gasteiger partial charge in [-0.1, -0.05) is 115 Å². The van der Waals surface area contributed by atoms with E-state index >= 15 is 0 Å². The van der Waals surface area contributed by atoms with Crippen LogP contribution in [0.2, 0.25) is 5.02 Å². The minimum atomic E-state index is -4.19. The van der Waals surface area contributed by atoms with Crippen LogP contribution < -0.4 is 9.62 Å². The molecule has 7 nitrogen and oxygen atoms in total. The molecule has 2 amide bonds. The largest absolute Gasteiger partial charge is 0.352 e. The number of rotatable bonds is 12. The number of nitrogens with one attached hydrogen (secondary N) is 1. The van der Waals surface area contributed by atoms with Crippen molar-refractivity contribution in [2.75, 3.05) is 10.8 Å². The summed E-state index contributed by atoms with van der Waals surface area (Å²) in [6, 6.07) is 31.2. The Bertz CT molecular complexity index is 1710. The third-order valence-corrected chi connectivity index (χ3v) is 10.4. The van der Waals surface area contributed by atoms with E-state index in [1.807, 2.05) is 67.6 Å². The Morgan fingerprint density at radius 2 is 1.46 bits per heavy atom. The molecule has 0 bridgehead atoms. The van der Waals surface area contributed by atoms with E-state index in [-0.39, 0.29) is 35.5 Å². The number of carbonyl (C=O) groups excluding carboxylic acids is 2. The molecular formula is C37H40ClN3O4S. The van der Waals surface area contributed by atoms with E-state index in [0.29, 0.717) is 5.02 Å². The maximum Gasteiger partial charge on any atom is 0.264 e. The second-order valence-electron chi connectivity index (χ2n) is 11.9. The lowest BCUT2D eigenvalue weighted by atomic mass is 9.94. The van der Waals surface area contributed by atoms with E-state index in [2.05, 4.69) is 5.32 Å². The highest BCUT2D eigenvalue weighted by Crippen LogP contribution is 2.28. The number of benzene rings is 4. The van der Waals surface area contributed by atoms with Crippen LogP contribution in [0.15, 0.2) is 114 Å². The van der Waals surface area contributed by atoms with E-state index in [1.54, 1.807) is 30.3 Å². The highest BCUT2D eigenvalue weighted by atomic mass is 35.5. The van der Waals surface area contributed by atoms with Gasteiger partial charge < -0.3 is 10.2 Å². The molecule has 46 heavy (non-hydrogen) atoms. The number of hydrogen-bond donors (Lipinski definition) is 1. The third-order valence-electron chi connectivity index (χ3n) is 8.40. The molecule has 1 aliphatic carbocycles. The van der Waals surface area contributed by atoms with Crippen molar-refractivity contribution >= 4 is 39.1 Å². The molecule has 0 heterocycles. The summed E-state index contributed by atoms with van der Waals surface area (Å²) < 4.78 is 29.4. The van der Waals surface area contributed by atoms with Crippen molar-refractivity contribution in [1.29, 1.82) is 0 Å². The summed E-state index contributed by atoms with van der Waals surface area (Å²) in [6.45, 7) is 1.48. The van der Waals surface area contributed by atoms with Gasteiger partial charge >= 0.3 is 0 Å². The van der Waals surface area contributed by atoms with Crippen LogP contribution in [-0.2, 0) is 32.6 Å². The van der Waals surface area contributed by atoms with Crippen molar-refractivity contribution in [1.82, 2.24) is 10.2 Å². The van der Waals surface area contributed by atoms with Crippen molar-refractivity contribution in [2.24, 2.45) is 0 Å². The first-order valence-corrected chi connectivity index (χ1v) is 17.6. The molecule has 0 aromatic heterocycles. The summed E-state index contributed by atoms with van der Waals surface area (Å²) in [5.74, 6) is -0.741. The zero-order valence-electron chi connectivity index (χ0n) is 26.0. The zero-order valence-corrected chi connectivity index (χ0v) is 27.6. The van der Waals surface area contributed by atoms with Crippen molar-refractivity contribution in [3.8, 4) is 0 Å². The van der Waals surface area contributed by atoms with E-state index in [0.717, 1.165) is 53.1 Å². The smallest absolute Gasteiger partial charge is 0.264 e. The highest BCUT2D eigenvalue weighted by Gasteiger charge is 2.35. The molecule has 0 spiro atoms. The van der Waals surface area contributed by atoms with Crippen LogP contribution in [0.5, 0.6) is 0 Å². The fraction of sp³-hybridized carbons (Fsp3) is 0.297. The number of halogens is 1. The lowest BCUT2D eigenvalue weighted by molar-refractivity contribution is -0.140. The maximum atomic E-state index is 14.6. The Labute approximate surface area is 277 Å². The minimum absolute atomic E-state index is 0.0399. The summed E-state index contributed by atoms with van der Waals surface area (Å²) in [6.07, 6.45) is 5.31. The Morgan fingerprint density at radius 3 is 2.09 bits per heavy atom. The van der Waals surface area contributed by atoms with Crippen molar-refractivity contribution in [3.05, 3.63) is 131 Å². The predicted molar refractivity (Wildman–Crippen MR) is 183 cm³/mol. The number of sulfonamides is 1. The molecule has 1 N–H and O–H groups in total. The molecule has 4 aromatic carbocycles. The van der Waals surface area contributed by atoms with Gasteiger partial charge in [-0.05, 0) is 61.2 Å². The molecular weight excluding hydrogens is 618 g/mol. The zero-order chi connectivity index (χ0) is 32.5. The summed E-state index contributed by atoms with van der Waals surface area (Å²) in [5, 5.41) is 3.57. The maximum absolute atomic E-state index is 14.6. The number of hydrogen-bond acceptors (Lipinski definition) is 4. The van der Waals surface area contributed by atoms with Crippen LogP contribution in [0.1, 0.15) is 48.8 Å². The number of aryl methyl sites for hydroxylation is 1. The van der Waals surface area contributed by atoms with Crippen molar-refractivity contribution in [2.45, 2.75) is 69.0 Å². The molecule has 4 aromatic rings. The fourth-order valence-electron chi connectivity index (χ4n) is 5.88. The monoisotopic (exact) mass is 657 g/mol. The lowest BCUT2D eigenvalue weighted by Gasteiger charge is -2.35. The normalized spacial score (nSPS) is 14.3. The highest BCUT2D eigenvalue weighted by molar-refractivity contribution is 7.92. The topological polar surface area (TPSA) is 86.8 Å². The average molecular weight is 658 g/mol. The van der Waals surface area contributed by atoms with Gasteiger partial charge in [-0.3, -0.25) is 13.9 Å². The molecule has 5 rings (SSSR count). The van der Waals surface area contributed by atoms with Gasteiger partial charge in [0.1, 0.15) is 12.6 Å². The van der Waals surface area contributed by atoms with Crippen molar-refractivity contribution < 1.29 is 18.0 Å². The minimum Gasteiger partial charge on any atom is -0.352 e. The van der Waals surface area contributed by atoms with Crippen LogP contribution in [0.3, 0.4) is 0 Å². The van der Waals surface area contributed by atoms with E-state index < -0.39 is 28.5 Å². The van der Waals surface area contributed by atoms with E-state index in [4.69, 9.17) is 11.6 Å². The van der Waals surface area contributed by atoms with Gasteiger partial charge in [0.2, 0.25) is 11.8 Å². The van der Waals surface area contributed by atoms with E-state index in [9.17, 15) is 18.0 Å².